The van der Waals surface area contributed by atoms with E-state index in [-0.39, 0.29) is 17.5 Å². The van der Waals surface area contributed by atoms with Gasteiger partial charge in [0.05, 0.1) is 11.5 Å². The molecule has 0 radical (unpaired) electrons. The maximum absolute atomic E-state index is 11.9. The van der Waals surface area contributed by atoms with Gasteiger partial charge in [0.25, 0.3) is 0 Å². The summed E-state index contributed by atoms with van der Waals surface area (Å²) in [4.78, 5) is 0.214. The Labute approximate surface area is 108 Å². The number of nitrogens with one attached hydrogen (secondary N) is 1. The highest BCUT2D eigenvalue weighted by atomic mass is 32.2. The van der Waals surface area contributed by atoms with Crippen LogP contribution < -0.4 is 15.2 Å². The SMILES string of the molecule is CCCOc1ccc(S(=O)(=O)N[C@H](C)CN)cc1. The van der Waals surface area contributed by atoms with Crippen molar-refractivity contribution in [2.24, 2.45) is 5.73 Å². The number of rotatable bonds is 7. The molecule has 6 heteroatoms. The van der Waals surface area contributed by atoms with Gasteiger partial charge < -0.3 is 10.5 Å². The Morgan fingerprint density at radius 3 is 2.44 bits per heavy atom. The fourth-order valence-electron chi connectivity index (χ4n) is 1.32. The van der Waals surface area contributed by atoms with Gasteiger partial charge in [-0.2, -0.15) is 0 Å². The molecule has 3 N–H and O–H groups in total. The number of benzene rings is 1. The summed E-state index contributed by atoms with van der Waals surface area (Å²) in [6.45, 7) is 4.61. The van der Waals surface area contributed by atoms with Gasteiger partial charge in [-0.25, -0.2) is 13.1 Å². The molecule has 0 unspecified atom stereocenters. The van der Waals surface area contributed by atoms with Crippen molar-refractivity contribution in [3.63, 3.8) is 0 Å². The third-order valence-corrected chi connectivity index (χ3v) is 3.92. The predicted molar refractivity (Wildman–Crippen MR) is 71.1 cm³/mol. The first-order valence-corrected chi connectivity index (χ1v) is 7.43. The molecule has 0 saturated carbocycles. The molecule has 5 nitrogen and oxygen atoms in total. The van der Waals surface area contributed by atoms with Gasteiger partial charge in [0.2, 0.25) is 10.0 Å². The first kappa shape index (κ1) is 14.9. The van der Waals surface area contributed by atoms with Gasteiger partial charge >= 0.3 is 0 Å². The monoisotopic (exact) mass is 272 g/mol. The molecule has 18 heavy (non-hydrogen) atoms. The van der Waals surface area contributed by atoms with Crippen molar-refractivity contribution >= 4 is 10.0 Å². The minimum Gasteiger partial charge on any atom is -0.494 e. The lowest BCUT2D eigenvalue weighted by atomic mass is 10.3. The zero-order chi connectivity index (χ0) is 13.6. The quantitative estimate of drug-likeness (QED) is 0.779. The summed E-state index contributed by atoms with van der Waals surface area (Å²) < 4.78 is 31.7. The summed E-state index contributed by atoms with van der Waals surface area (Å²) in [7, 11) is -3.49. The predicted octanol–water partition coefficient (Wildman–Crippen LogP) is 1.10. The van der Waals surface area contributed by atoms with E-state index in [1.165, 1.54) is 12.1 Å². The van der Waals surface area contributed by atoms with Crippen molar-refractivity contribution in [3.8, 4) is 5.75 Å². The summed E-state index contributed by atoms with van der Waals surface area (Å²) in [5.74, 6) is 0.669. The highest BCUT2D eigenvalue weighted by molar-refractivity contribution is 7.89. The van der Waals surface area contributed by atoms with Gasteiger partial charge in [-0.1, -0.05) is 6.92 Å². The van der Waals surface area contributed by atoms with Crippen LogP contribution in [-0.2, 0) is 10.0 Å². The molecule has 0 aromatic heterocycles. The van der Waals surface area contributed by atoms with E-state index in [0.29, 0.717) is 12.4 Å². The molecular weight excluding hydrogens is 252 g/mol. The van der Waals surface area contributed by atoms with E-state index in [9.17, 15) is 8.42 Å². The van der Waals surface area contributed by atoms with E-state index in [1.54, 1.807) is 19.1 Å². The van der Waals surface area contributed by atoms with Crippen LogP contribution in [0.5, 0.6) is 5.75 Å². The summed E-state index contributed by atoms with van der Waals surface area (Å²) in [5.41, 5.74) is 5.39. The minimum absolute atomic E-state index is 0.214. The molecule has 0 fully saturated rings. The van der Waals surface area contributed by atoms with Crippen molar-refractivity contribution in [2.45, 2.75) is 31.2 Å². The number of ether oxygens (including phenoxy) is 1. The number of hydrogen-bond acceptors (Lipinski definition) is 4. The number of sulfonamides is 1. The molecule has 102 valence electrons. The standard InChI is InChI=1S/C12H20N2O3S/c1-3-8-17-11-4-6-12(7-5-11)18(15,16)14-10(2)9-13/h4-7,10,14H,3,8-9,13H2,1-2H3/t10-/m1/s1. The molecule has 1 rings (SSSR count). The maximum atomic E-state index is 11.9. The van der Waals surface area contributed by atoms with E-state index < -0.39 is 10.0 Å². The van der Waals surface area contributed by atoms with Crippen LogP contribution in [0, 0.1) is 0 Å². The van der Waals surface area contributed by atoms with Gasteiger partial charge in [-0.05, 0) is 37.6 Å². The van der Waals surface area contributed by atoms with Crippen LogP contribution in [0.2, 0.25) is 0 Å². The third kappa shape index (κ3) is 4.29. The summed E-state index contributed by atoms with van der Waals surface area (Å²) in [5, 5.41) is 0. The van der Waals surface area contributed by atoms with Crippen molar-refractivity contribution in [3.05, 3.63) is 24.3 Å². The van der Waals surface area contributed by atoms with Crippen LogP contribution in [-0.4, -0.2) is 27.6 Å². The van der Waals surface area contributed by atoms with E-state index in [2.05, 4.69) is 4.72 Å². The molecule has 0 aliphatic carbocycles. The van der Waals surface area contributed by atoms with E-state index in [1.807, 2.05) is 6.92 Å². The van der Waals surface area contributed by atoms with Gasteiger partial charge in [-0.3, -0.25) is 0 Å². The Bertz CT molecular complexity index is 457. The Balaban J connectivity index is 2.77. The normalized spacial score (nSPS) is 13.3. The first-order valence-electron chi connectivity index (χ1n) is 5.95. The highest BCUT2D eigenvalue weighted by Crippen LogP contribution is 2.16. The second-order valence-corrected chi connectivity index (χ2v) is 5.79. The minimum atomic E-state index is -3.49. The van der Waals surface area contributed by atoms with Crippen LogP contribution in [0.1, 0.15) is 20.3 Å². The molecule has 1 aromatic rings. The lowest BCUT2D eigenvalue weighted by molar-refractivity contribution is 0.317. The molecule has 0 saturated heterocycles. The second kappa shape index (κ2) is 6.72. The molecule has 0 spiro atoms. The Morgan fingerprint density at radius 2 is 1.94 bits per heavy atom. The van der Waals surface area contributed by atoms with Gasteiger partial charge in [0, 0.05) is 12.6 Å². The van der Waals surface area contributed by atoms with Gasteiger partial charge in [0.1, 0.15) is 5.75 Å². The number of nitrogens with two attached hydrogens (primary N) is 1. The number of hydrogen-bond donors (Lipinski definition) is 2. The van der Waals surface area contributed by atoms with Crippen molar-refractivity contribution in [2.75, 3.05) is 13.2 Å². The molecular formula is C12H20N2O3S. The van der Waals surface area contributed by atoms with Crippen LogP contribution in [0.25, 0.3) is 0 Å². The molecule has 0 aliphatic rings. The summed E-state index contributed by atoms with van der Waals surface area (Å²) in [6, 6.07) is 6.06. The fraction of sp³-hybridized carbons (Fsp3) is 0.500. The second-order valence-electron chi connectivity index (χ2n) is 4.08. The molecule has 0 amide bonds. The molecule has 1 aromatic carbocycles. The first-order chi connectivity index (χ1) is 8.49. The molecule has 0 heterocycles. The Morgan fingerprint density at radius 1 is 1.33 bits per heavy atom. The van der Waals surface area contributed by atoms with Crippen molar-refractivity contribution < 1.29 is 13.2 Å². The summed E-state index contributed by atoms with van der Waals surface area (Å²) in [6.07, 6.45) is 0.912. The average Bonchev–Trinajstić information content (AvgIpc) is 2.36. The molecule has 1 atom stereocenters. The third-order valence-electron chi connectivity index (χ3n) is 2.32. The van der Waals surface area contributed by atoms with Crippen molar-refractivity contribution in [1.29, 1.82) is 0 Å². The van der Waals surface area contributed by atoms with Gasteiger partial charge in [0.15, 0.2) is 0 Å². The van der Waals surface area contributed by atoms with Crippen LogP contribution in [0.4, 0.5) is 0 Å². The van der Waals surface area contributed by atoms with Crippen molar-refractivity contribution in [1.82, 2.24) is 4.72 Å². The van der Waals surface area contributed by atoms with E-state index in [0.717, 1.165) is 6.42 Å². The van der Waals surface area contributed by atoms with Crippen LogP contribution in [0.3, 0.4) is 0 Å². The summed E-state index contributed by atoms with van der Waals surface area (Å²) >= 11 is 0. The highest BCUT2D eigenvalue weighted by Gasteiger charge is 2.16. The topological polar surface area (TPSA) is 81.4 Å². The zero-order valence-electron chi connectivity index (χ0n) is 10.7. The molecule has 0 aliphatic heterocycles. The fourth-order valence-corrected chi connectivity index (χ4v) is 2.57. The maximum Gasteiger partial charge on any atom is 0.240 e. The lowest BCUT2D eigenvalue weighted by Gasteiger charge is -2.12. The Kier molecular flexibility index (Phi) is 5.58. The van der Waals surface area contributed by atoms with Crippen LogP contribution in [0.15, 0.2) is 29.2 Å². The largest absolute Gasteiger partial charge is 0.494 e. The van der Waals surface area contributed by atoms with E-state index in [4.69, 9.17) is 10.5 Å². The van der Waals surface area contributed by atoms with Crippen LogP contribution >= 0.6 is 0 Å². The zero-order valence-corrected chi connectivity index (χ0v) is 11.5. The lowest BCUT2D eigenvalue weighted by Crippen LogP contribution is -2.37. The smallest absolute Gasteiger partial charge is 0.240 e. The van der Waals surface area contributed by atoms with Gasteiger partial charge in [-0.15, -0.1) is 0 Å². The van der Waals surface area contributed by atoms with E-state index >= 15 is 0 Å². The molecule has 0 bridgehead atoms. The Hall–Kier alpha value is -1.11. The average molecular weight is 272 g/mol.